The van der Waals surface area contributed by atoms with E-state index in [4.69, 9.17) is 28.8 Å². The maximum absolute atomic E-state index is 15.2. The molecule has 1 fully saturated rings. The maximum Gasteiger partial charge on any atom is 0.246 e. The molecule has 2 aliphatic rings. The van der Waals surface area contributed by atoms with Crippen molar-refractivity contribution >= 4 is 75.7 Å². The van der Waals surface area contributed by atoms with Crippen molar-refractivity contribution in [3.63, 3.8) is 0 Å². The van der Waals surface area contributed by atoms with E-state index in [9.17, 15) is 33.6 Å². The van der Waals surface area contributed by atoms with Crippen LogP contribution in [-0.2, 0) is 64.0 Å². The predicted molar refractivity (Wildman–Crippen MR) is 276 cm³/mol. The van der Waals surface area contributed by atoms with Gasteiger partial charge in [0, 0.05) is 60.9 Å². The van der Waals surface area contributed by atoms with Gasteiger partial charge in [0.25, 0.3) is 0 Å². The van der Waals surface area contributed by atoms with E-state index in [-0.39, 0.29) is 76.8 Å². The van der Waals surface area contributed by atoms with Crippen LogP contribution in [0.4, 0.5) is 0 Å². The third-order valence-corrected chi connectivity index (χ3v) is 13.4. The number of fused-ring (bicyclic) bond motifs is 2. The summed E-state index contributed by atoms with van der Waals surface area (Å²) >= 11 is 6.38. The van der Waals surface area contributed by atoms with Crippen LogP contribution in [0.2, 0.25) is 5.02 Å². The molecule has 1 aliphatic heterocycles. The first kappa shape index (κ1) is 54.8. The van der Waals surface area contributed by atoms with E-state index in [2.05, 4.69) is 47.2 Å². The number of aliphatic imine (C=N–C) groups is 1. The average molecular weight is 1020 g/mol. The normalized spacial score (nSPS) is 22.8. The van der Waals surface area contributed by atoms with Crippen LogP contribution >= 0.6 is 11.6 Å². The molecule has 2 heterocycles. The Balaban J connectivity index is 1.41. The monoisotopic (exact) mass is 1020 g/mol. The van der Waals surface area contributed by atoms with Gasteiger partial charge < -0.3 is 59.4 Å². The Hall–Kier alpha value is -7.48. The molecule has 4 aromatic rings. The highest BCUT2D eigenvalue weighted by Gasteiger charge is 2.46. The van der Waals surface area contributed by atoms with Crippen molar-refractivity contribution in [3.8, 4) is 0 Å². The van der Waals surface area contributed by atoms with Gasteiger partial charge in [0.15, 0.2) is 5.96 Å². The fraction of sp³-hybridized carbons (Fsp3) is 0.442. The lowest BCUT2D eigenvalue weighted by Gasteiger charge is -2.39. The number of hydrogen-bond acceptors (Lipinski definition) is 9. The molecule has 14 N–H and O–H groups in total. The summed E-state index contributed by atoms with van der Waals surface area (Å²) < 4.78 is 0. The SMILES string of the molecule is CCCCC(=O)N[C@@H]1CC(=O)NCCCC[C@@H](C(N)=O)NC(=O)[C@H](Cc2c[nH]c3ccccc23)NC(=O)[C@@H](CCCN=C(N)N)NC(=O)[C@H](Cc2ccccc2)NC(=O)C2(CCc3cc(Cl)ccc3C2)NC1=O. The highest BCUT2D eigenvalue weighted by molar-refractivity contribution is 6.30. The second kappa shape index (κ2) is 26.3. The number of guanidine groups is 1. The average Bonchev–Trinajstić information content (AvgIpc) is 3.77. The summed E-state index contributed by atoms with van der Waals surface area (Å²) in [6.45, 7) is 2.10. The van der Waals surface area contributed by atoms with Crippen LogP contribution in [0.3, 0.4) is 0 Å². The fourth-order valence-corrected chi connectivity index (χ4v) is 9.37. The number of nitrogens with two attached hydrogens (primary N) is 3. The highest BCUT2D eigenvalue weighted by Crippen LogP contribution is 2.32. The number of aryl methyl sites for hydroxylation is 1. The van der Waals surface area contributed by atoms with E-state index in [0.717, 1.165) is 16.5 Å². The third kappa shape index (κ3) is 15.8. The molecular weight excluding hydrogens is 956 g/mol. The molecule has 6 rings (SSSR count). The Morgan fingerprint density at radius 2 is 1.51 bits per heavy atom. The standard InChI is InChI=1S/C52H67ClN12O8/c1-2-3-18-43(66)60-42-28-44(67)57-23-10-9-16-38(45(54)68)61-48(71)41(27-34-30-59-37-15-8-7-14-36(34)37)63-46(69)39(17-11-24-58-51(55)56)62-47(70)40(25-31-12-5-4-6-13-31)64-50(73)52(65-49(42)72)22-21-32-26-35(53)20-19-33(32)29-52/h4-8,12-15,19-20,26,30,38-42,59H,2-3,9-11,16-18,21-25,27-29H2,1H3,(H2,54,68)(H,57,67)(H,60,66)(H,61,71)(H,62,70)(H,63,69)(H,64,73)(H,65,72)(H4,55,56,58)/t38-,39+,40-,41-,42+,52?/m0/s1. The Labute approximate surface area is 428 Å². The number of unbranched alkanes of at least 4 members (excludes halogenated alkanes) is 1. The van der Waals surface area contributed by atoms with E-state index in [1.54, 1.807) is 54.7 Å². The zero-order valence-corrected chi connectivity index (χ0v) is 41.8. The number of nitrogens with zero attached hydrogens (tertiary/aromatic N) is 1. The van der Waals surface area contributed by atoms with Crippen molar-refractivity contribution in [1.29, 1.82) is 0 Å². The molecule has 20 nitrogen and oxygen atoms in total. The van der Waals surface area contributed by atoms with E-state index in [0.29, 0.717) is 47.4 Å². The minimum absolute atomic E-state index is 0.0247. The molecular formula is C52H67ClN12O8. The highest BCUT2D eigenvalue weighted by atomic mass is 35.5. The molecule has 21 heteroatoms. The Morgan fingerprint density at radius 3 is 2.26 bits per heavy atom. The van der Waals surface area contributed by atoms with E-state index >= 15 is 4.79 Å². The molecule has 0 saturated carbocycles. The fourth-order valence-electron chi connectivity index (χ4n) is 9.17. The van der Waals surface area contributed by atoms with Gasteiger partial charge >= 0.3 is 0 Å². The molecule has 0 bridgehead atoms. The first-order valence-corrected chi connectivity index (χ1v) is 25.2. The molecule has 6 atom stereocenters. The molecule has 1 unspecified atom stereocenters. The number of carbonyl (C=O) groups is 8. The summed E-state index contributed by atoms with van der Waals surface area (Å²) in [6, 6.07) is 14.9. The lowest BCUT2D eigenvalue weighted by atomic mass is 9.76. The van der Waals surface area contributed by atoms with Crippen LogP contribution in [0, 0.1) is 0 Å². The van der Waals surface area contributed by atoms with Gasteiger partial charge in [0.05, 0.1) is 6.42 Å². The number of H-pyrrole nitrogens is 1. The second-order valence-electron chi connectivity index (χ2n) is 18.7. The minimum Gasteiger partial charge on any atom is -0.370 e. The van der Waals surface area contributed by atoms with Crippen LogP contribution in [0.25, 0.3) is 10.9 Å². The number of nitrogens with one attached hydrogen (secondary N) is 8. The first-order chi connectivity index (χ1) is 35.0. The van der Waals surface area contributed by atoms with E-state index < -0.39 is 89.4 Å². The van der Waals surface area contributed by atoms with Crippen molar-refractivity contribution < 1.29 is 38.4 Å². The van der Waals surface area contributed by atoms with Crippen molar-refractivity contribution in [1.82, 2.24) is 42.2 Å². The van der Waals surface area contributed by atoms with Gasteiger partial charge in [0.2, 0.25) is 47.3 Å². The number of rotatable bonds is 13. The van der Waals surface area contributed by atoms with Gasteiger partial charge in [0.1, 0.15) is 35.7 Å². The number of carbonyl (C=O) groups excluding carboxylic acids is 8. The third-order valence-electron chi connectivity index (χ3n) is 13.2. The number of primary amides is 1. The van der Waals surface area contributed by atoms with Crippen molar-refractivity contribution in [2.45, 2.75) is 133 Å². The summed E-state index contributed by atoms with van der Waals surface area (Å²) in [5.41, 5.74) is 19.0. The summed E-state index contributed by atoms with van der Waals surface area (Å²) in [7, 11) is 0. The zero-order chi connectivity index (χ0) is 52.5. The maximum atomic E-state index is 15.2. The van der Waals surface area contributed by atoms with Crippen LogP contribution in [0.1, 0.15) is 93.4 Å². The topological polar surface area (TPSA) is 327 Å². The molecule has 8 amide bonds. The van der Waals surface area contributed by atoms with Crippen LogP contribution in [0.5, 0.6) is 0 Å². The molecule has 3 aromatic carbocycles. The molecule has 1 spiro atoms. The number of aromatic amines is 1. The van der Waals surface area contributed by atoms with Crippen LogP contribution in [-0.4, -0.2) is 107 Å². The van der Waals surface area contributed by atoms with Crippen LogP contribution < -0.4 is 54.4 Å². The van der Waals surface area contributed by atoms with Gasteiger partial charge in [-0.15, -0.1) is 0 Å². The van der Waals surface area contributed by atoms with Crippen molar-refractivity contribution in [2.75, 3.05) is 13.1 Å². The largest absolute Gasteiger partial charge is 0.370 e. The quantitative estimate of drug-likeness (QED) is 0.0521. The van der Waals surface area contributed by atoms with Crippen molar-refractivity contribution in [3.05, 3.63) is 106 Å². The number of halogens is 1. The van der Waals surface area contributed by atoms with E-state index in [1.165, 1.54) is 0 Å². The molecule has 1 saturated heterocycles. The Bertz CT molecular complexity index is 2660. The summed E-state index contributed by atoms with van der Waals surface area (Å²) in [4.78, 5) is 121. The molecule has 390 valence electrons. The summed E-state index contributed by atoms with van der Waals surface area (Å²) in [5, 5.41) is 21.0. The summed E-state index contributed by atoms with van der Waals surface area (Å²) in [5.74, 6) is -5.82. The predicted octanol–water partition coefficient (Wildman–Crippen LogP) is 1.49. The van der Waals surface area contributed by atoms with Gasteiger partial charge in [-0.3, -0.25) is 43.3 Å². The minimum atomic E-state index is -1.72. The molecule has 73 heavy (non-hydrogen) atoms. The van der Waals surface area contributed by atoms with Gasteiger partial charge in [-0.05, 0) is 91.8 Å². The smallest absolute Gasteiger partial charge is 0.246 e. The Morgan fingerprint density at radius 1 is 0.795 bits per heavy atom. The zero-order valence-electron chi connectivity index (χ0n) is 41.0. The Kier molecular flexibility index (Phi) is 19.7. The second-order valence-corrected chi connectivity index (χ2v) is 19.2. The van der Waals surface area contributed by atoms with Gasteiger partial charge in [-0.1, -0.05) is 79.5 Å². The van der Waals surface area contributed by atoms with Crippen molar-refractivity contribution in [2.24, 2.45) is 22.2 Å². The number of benzene rings is 3. The first-order valence-electron chi connectivity index (χ1n) is 24.8. The molecule has 1 aliphatic carbocycles. The van der Waals surface area contributed by atoms with Gasteiger partial charge in [-0.2, -0.15) is 0 Å². The number of para-hydroxylation sites is 1. The lowest BCUT2D eigenvalue weighted by Crippen LogP contribution is -2.67. The van der Waals surface area contributed by atoms with Crippen LogP contribution in [0.15, 0.2) is 84.0 Å². The lowest BCUT2D eigenvalue weighted by molar-refractivity contribution is -0.139. The number of aromatic nitrogens is 1. The molecule has 0 radical (unpaired) electrons. The van der Waals surface area contributed by atoms with E-state index in [1.807, 2.05) is 31.2 Å². The molecule has 1 aromatic heterocycles. The van der Waals surface area contributed by atoms with Gasteiger partial charge in [-0.25, -0.2) is 0 Å². The summed E-state index contributed by atoms with van der Waals surface area (Å²) in [6.07, 6.45) is 3.64. The number of amides is 8. The number of hydrogen-bond donors (Lipinski definition) is 11.